The summed E-state index contributed by atoms with van der Waals surface area (Å²) in [6, 6.07) is 8.28. The lowest BCUT2D eigenvalue weighted by Gasteiger charge is -2.31. The number of hydrogen-bond acceptors (Lipinski definition) is 3. The van der Waals surface area contributed by atoms with Crippen molar-refractivity contribution in [2.24, 2.45) is 0 Å². The van der Waals surface area contributed by atoms with E-state index in [1.165, 1.54) is 0 Å². The van der Waals surface area contributed by atoms with Crippen LogP contribution in [0.3, 0.4) is 0 Å². The second-order valence-corrected chi connectivity index (χ2v) is 5.28. The Morgan fingerprint density at radius 1 is 1.39 bits per heavy atom. The second-order valence-electron chi connectivity index (χ2n) is 4.87. The number of halogens is 1. The number of nitrogens with one attached hydrogen (secondary N) is 1. The van der Waals surface area contributed by atoms with Gasteiger partial charge in [0.15, 0.2) is 0 Å². The minimum atomic E-state index is -0.0185. The number of ether oxygens (including phenoxy) is 2. The van der Waals surface area contributed by atoms with E-state index in [2.05, 4.69) is 19.2 Å². The minimum Gasteiger partial charge on any atom is -0.376 e. The topological polar surface area (TPSA) is 30.5 Å². The third kappa shape index (κ3) is 3.69. The van der Waals surface area contributed by atoms with Gasteiger partial charge in [0, 0.05) is 23.2 Å². The molecule has 0 bridgehead atoms. The summed E-state index contributed by atoms with van der Waals surface area (Å²) < 4.78 is 11.2. The monoisotopic (exact) mass is 269 g/mol. The molecule has 18 heavy (non-hydrogen) atoms. The molecule has 1 N–H and O–H groups in total. The molecule has 2 rings (SSSR count). The molecule has 0 aliphatic carbocycles. The zero-order valence-corrected chi connectivity index (χ0v) is 11.6. The van der Waals surface area contributed by atoms with E-state index in [-0.39, 0.29) is 12.2 Å². The predicted octanol–water partition coefficient (Wildman–Crippen LogP) is 2.79. The van der Waals surface area contributed by atoms with Crippen LogP contribution >= 0.6 is 11.6 Å². The Kier molecular flexibility index (Phi) is 5.01. The van der Waals surface area contributed by atoms with Gasteiger partial charge in [-0.1, -0.05) is 43.6 Å². The lowest BCUT2D eigenvalue weighted by atomic mass is 10.1. The van der Waals surface area contributed by atoms with E-state index in [1.807, 2.05) is 24.3 Å². The summed E-state index contributed by atoms with van der Waals surface area (Å²) in [6.45, 7) is 6.37. The van der Waals surface area contributed by atoms with Crippen LogP contribution in [0.5, 0.6) is 0 Å². The minimum absolute atomic E-state index is 0.0185. The summed E-state index contributed by atoms with van der Waals surface area (Å²) in [5.41, 5.74) is 1.04. The summed E-state index contributed by atoms with van der Waals surface area (Å²) in [4.78, 5) is 0. The van der Waals surface area contributed by atoms with Crippen molar-refractivity contribution in [1.29, 1.82) is 0 Å². The van der Waals surface area contributed by atoms with Crippen molar-refractivity contribution >= 4 is 11.6 Å². The van der Waals surface area contributed by atoms with E-state index in [0.29, 0.717) is 19.3 Å². The molecule has 1 aliphatic rings. The number of rotatable bonds is 6. The maximum atomic E-state index is 6.24. The van der Waals surface area contributed by atoms with Gasteiger partial charge in [-0.2, -0.15) is 0 Å². The normalized spacial score (nSPS) is 17.8. The zero-order chi connectivity index (χ0) is 13.0. The van der Waals surface area contributed by atoms with Crippen LogP contribution in [-0.2, 0) is 9.47 Å². The summed E-state index contributed by atoms with van der Waals surface area (Å²) in [7, 11) is 0. The van der Waals surface area contributed by atoms with Gasteiger partial charge < -0.3 is 14.8 Å². The standard InChI is InChI=1S/C14H20ClNO2/c1-10(2)16-7-14(18-11-8-17-9-11)12-5-3-4-6-13(12)15/h3-6,10-11,14,16H,7-9H2,1-2H3. The molecule has 1 unspecified atom stereocenters. The molecule has 1 atom stereocenters. The third-order valence-corrected chi connectivity index (χ3v) is 3.27. The Morgan fingerprint density at radius 2 is 2.11 bits per heavy atom. The molecule has 0 spiro atoms. The van der Waals surface area contributed by atoms with Gasteiger partial charge >= 0.3 is 0 Å². The van der Waals surface area contributed by atoms with Crippen LogP contribution in [0, 0.1) is 0 Å². The Balaban J connectivity index is 2.04. The molecule has 0 amide bonds. The molecule has 100 valence electrons. The van der Waals surface area contributed by atoms with Crippen molar-refractivity contribution < 1.29 is 9.47 Å². The number of hydrogen-bond donors (Lipinski definition) is 1. The number of benzene rings is 1. The lowest BCUT2D eigenvalue weighted by molar-refractivity contribution is -0.155. The van der Waals surface area contributed by atoms with Gasteiger partial charge in [0.2, 0.25) is 0 Å². The van der Waals surface area contributed by atoms with Crippen LogP contribution in [0.2, 0.25) is 5.02 Å². The van der Waals surface area contributed by atoms with Gasteiger partial charge in [-0.25, -0.2) is 0 Å². The predicted molar refractivity (Wildman–Crippen MR) is 73.0 cm³/mol. The first-order valence-electron chi connectivity index (χ1n) is 6.38. The third-order valence-electron chi connectivity index (χ3n) is 2.93. The van der Waals surface area contributed by atoms with Crippen LogP contribution in [0.4, 0.5) is 0 Å². The summed E-state index contributed by atoms with van der Waals surface area (Å²) in [5, 5.41) is 4.16. The Labute approximate surface area is 113 Å². The highest BCUT2D eigenvalue weighted by Gasteiger charge is 2.25. The van der Waals surface area contributed by atoms with E-state index >= 15 is 0 Å². The Morgan fingerprint density at radius 3 is 2.67 bits per heavy atom. The van der Waals surface area contributed by atoms with Gasteiger partial charge in [0.25, 0.3) is 0 Å². The molecule has 0 saturated carbocycles. The average molecular weight is 270 g/mol. The summed E-state index contributed by atoms with van der Waals surface area (Å²) >= 11 is 6.24. The Bertz CT molecular complexity index is 380. The van der Waals surface area contributed by atoms with Crippen LogP contribution in [0.15, 0.2) is 24.3 Å². The fourth-order valence-corrected chi connectivity index (χ4v) is 2.09. The summed E-state index contributed by atoms with van der Waals surface area (Å²) in [5.74, 6) is 0. The van der Waals surface area contributed by atoms with Gasteiger partial charge in [-0.05, 0) is 6.07 Å². The molecule has 1 aromatic rings. The van der Waals surface area contributed by atoms with Crippen molar-refractivity contribution in [3.05, 3.63) is 34.9 Å². The first kappa shape index (κ1) is 13.8. The maximum Gasteiger partial charge on any atom is 0.105 e. The van der Waals surface area contributed by atoms with Crippen LogP contribution in [0.1, 0.15) is 25.5 Å². The molecule has 0 aromatic heterocycles. The highest BCUT2D eigenvalue weighted by Crippen LogP contribution is 2.27. The molecular weight excluding hydrogens is 250 g/mol. The fourth-order valence-electron chi connectivity index (χ4n) is 1.84. The van der Waals surface area contributed by atoms with E-state index in [0.717, 1.165) is 17.1 Å². The Hall–Kier alpha value is -0.610. The van der Waals surface area contributed by atoms with Crippen molar-refractivity contribution in [3.8, 4) is 0 Å². The molecule has 1 aromatic carbocycles. The van der Waals surface area contributed by atoms with E-state index in [1.54, 1.807) is 0 Å². The van der Waals surface area contributed by atoms with Crippen LogP contribution in [-0.4, -0.2) is 31.9 Å². The average Bonchev–Trinajstić information content (AvgIpc) is 2.28. The van der Waals surface area contributed by atoms with Crippen molar-refractivity contribution in [2.45, 2.75) is 32.1 Å². The fraction of sp³-hybridized carbons (Fsp3) is 0.571. The second kappa shape index (κ2) is 6.53. The van der Waals surface area contributed by atoms with Gasteiger partial charge in [-0.3, -0.25) is 0 Å². The molecule has 0 radical (unpaired) electrons. The first-order valence-corrected chi connectivity index (χ1v) is 6.75. The first-order chi connectivity index (χ1) is 8.66. The molecule has 1 heterocycles. The van der Waals surface area contributed by atoms with Gasteiger partial charge in [0.1, 0.15) is 6.10 Å². The lowest BCUT2D eigenvalue weighted by Crippen LogP contribution is -2.40. The largest absolute Gasteiger partial charge is 0.376 e. The molecular formula is C14H20ClNO2. The quantitative estimate of drug-likeness (QED) is 0.861. The van der Waals surface area contributed by atoms with Crippen LogP contribution in [0.25, 0.3) is 0 Å². The van der Waals surface area contributed by atoms with Crippen molar-refractivity contribution in [1.82, 2.24) is 5.32 Å². The SMILES string of the molecule is CC(C)NCC(OC1COC1)c1ccccc1Cl. The molecule has 3 nitrogen and oxygen atoms in total. The van der Waals surface area contributed by atoms with E-state index < -0.39 is 0 Å². The smallest absolute Gasteiger partial charge is 0.105 e. The van der Waals surface area contributed by atoms with Crippen LogP contribution < -0.4 is 5.32 Å². The van der Waals surface area contributed by atoms with Crippen molar-refractivity contribution in [2.75, 3.05) is 19.8 Å². The maximum absolute atomic E-state index is 6.24. The highest BCUT2D eigenvalue weighted by atomic mass is 35.5. The molecule has 1 aliphatic heterocycles. The highest BCUT2D eigenvalue weighted by molar-refractivity contribution is 6.31. The van der Waals surface area contributed by atoms with E-state index in [4.69, 9.17) is 21.1 Å². The summed E-state index contributed by atoms with van der Waals surface area (Å²) in [6.07, 6.45) is 0.176. The molecule has 1 saturated heterocycles. The van der Waals surface area contributed by atoms with E-state index in [9.17, 15) is 0 Å². The molecule has 1 fully saturated rings. The molecule has 4 heteroatoms. The van der Waals surface area contributed by atoms with Gasteiger partial charge in [-0.15, -0.1) is 0 Å². The van der Waals surface area contributed by atoms with Gasteiger partial charge in [0.05, 0.1) is 19.3 Å². The van der Waals surface area contributed by atoms with Crippen molar-refractivity contribution in [3.63, 3.8) is 0 Å². The zero-order valence-electron chi connectivity index (χ0n) is 10.9.